The highest BCUT2D eigenvalue weighted by Gasteiger charge is 2.36. The average molecular weight is 404 g/mol. The van der Waals surface area contributed by atoms with Crippen molar-refractivity contribution in [3.05, 3.63) is 57.8 Å². The Morgan fingerprint density at radius 1 is 1.30 bits per heavy atom. The monoisotopic (exact) mass is 403 g/mol. The molecule has 0 spiro atoms. The Kier molecular flexibility index (Phi) is 4.53. The first-order chi connectivity index (χ1) is 13.0. The van der Waals surface area contributed by atoms with Gasteiger partial charge in [-0.25, -0.2) is 4.79 Å². The van der Waals surface area contributed by atoms with Gasteiger partial charge < -0.3 is 15.3 Å². The van der Waals surface area contributed by atoms with E-state index in [4.69, 9.17) is 23.2 Å². The number of halogens is 2. The molecule has 3 heterocycles. The fourth-order valence-electron chi connectivity index (χ4n) is 3.60. The highest BCUT2D eigenvalue weighted by molar-refractivity contribution is 6.37. The number of carbonyl (C=O) groups is 2. The number of hydrogen-bond donors (Lipinski definition) is 2. The van der Waals surface area contributed by atoms with E-state index in [-0.39, 0.29) is 12.3 Å². The number of benzene rings is 1. The van der Waals surface area contributed by atoms with E-state index in [1.165, 1.54) is 0 Å². The number of fused-ring (bicyclic) bond motifs is 1. The SMILES string of the molecule is O=C(O)C1CC(=C2CCN(c3cccnc3)C2=O)c2c(Cl)cc(Cl)cc2N1. The number of anilines is 2. The Morgan fingerprint density at radius 2 is 2.11 bits per heavy atom. The summed E-state index contributed by atoms with van der Waals surface area (Å²) in [6, 6.07) is 5.98. The van der Waals surface area contributed by atoms with Crippen LogP contribution in [0.5, 0.6) is 0 Å². The third kappa shape index (κ3) is 3.15. The van der Waals surface area contributed by atoms with E-state index in [0.29, 0.717) is 51.1 Å². The number of carboxylic acid groups (broad SMARTS) is 1. The van der Waals surface area contributed by atoms with E-state index in [1.807, 2.05) is 6.07 Å². The van der Waals surface area contributed by atoms with E-state index < -0.39 is 12.0 Å². The average Bonchev–Trinajstić information content (AvgIpc) is 3.02. The van der Waals surface area contributed by atoms with Crippen LogP contribution in [0, 0.1) is 0 Å². The molecule has 6 nitrogen and oxygen atoms in total. The summed E-state index contributed by atoms with van der Waals surface area (Å²) >= 11 is 12.5. The lowest BCUT2D eigenvalue weighted by Crippen LogP contribution is -2.33. The number of amides is 1. The Labute approximate surface area is 165 Å². The zero-order chi connectivity index (χ0) is 19.1. The second kappa shape index (κ2) is 6.87. The van der Waals surface area contributed by atoms with Gasteiger partial charge in [-0.3, -0.25) is 9.78 Å². The van der Waals surface area contributed by atoms with Crippen LogP contribution in [0.1, 0.15) is 18.4 Å². The van der Waals surface area contributed by atoms with Crippen molar-refractivity contribution in [3.63, 3.8) is 0 Å². The predicted molar refractivity (Wildman–Crippen MR) is 104 cm³/mol. The summed E-state index contributed by atoms with van der Waals surface area (Å²) in [5.74, 6) is -1.15. The number of pyridine rings is 1. The molecule has 27 heavy (non-hydrogen) atoms. The van der Waals surface area contributed by atoms with Gasteiger partial charge in [0.2, 0.25) is 0 Å². The second-order valence-corrected chi connectivity index (χ2v) is 7.27. The zero-order valence-corrected chi connectivity index (χ0v) is 15.6. The number of carboxylic acids is 1. The zero-order valence-electron chi connectivity index (χ0n) is 14.1. The fraction of sp³-hybridized carbons (Fsp3) is 0.211. The predicted octanol–water partition coefficient (Wildman–Crippen LogP) is 3.85. The molecule has 0 radical (unpaired) electrons. The van der Waals surface area contributed by atoms with Crippen molar-refractivity contribution in [2.24, 2.45) is 0 Å². The van der Waals surface area contributed by atoms with E-state index in [1.54, 1.807) is 35.5 Å². The van der Waals surface area contributed by atoms with Crippen LogP contribution in [-0.4, -0.2) is 34.6 Å². The van der Waals surface area contributed by atoms with Crippen molar-refractivity contribution in [2.45, 2.75) is 18.9 Å². The van der Waals surface area contributed by atoms with E-state index >= 15 is 0 Å². The minimum Gasteiger partial charge on any atom is -0.480 e. The first-order valence-corrected chi connectivity index (χ1v) is 9.14. The van der Waals surface area contributed by atoms with Crippen molar-refractivity contribution in [3.8, 4) is 0 Å². The summed E-state index contributed by atoms with van der Waals surface area (Å²) < 4.78 is 0. The van der Waals surface area contributed by atoms with Gasteiger partial charge in [0.1, 0.15) is 6.04 Å². The Bertz CT molecular complexity index is 976. The summed E-state index contributed by atoms with van der Waals surface area (Å²) in [5.41, 5.74) is 3.13. The minimum atomic E-state index is -0.996. The van der Waals surface area contributed by atoms with Crippen LogP contribution in [0.3, 0.4) is 0 Å². The number of aromatic nitrogens is 1. The topological polar surface area (TPSA) is 82.5 Å². The van der Waals surface area contributed by atoms with Crippen molar-refractivity contribution >= 4 is 52.0 Å². The molecule has 2 N–H and O–H groups in total. The van der Waals surface area contributed by atoms with Crippen LogP contribution in [0.4, 0.5) is 11.4 Å². The molecule has 2 aromatic rings. The number of aliphatic carboxylic acids is 1. The summed E-state index contributed by atoms with van der Waals surface area (Å²) in [6.45, 7) is 0.509. The highest BCUT2D eigenvalue weighted by atomic mass is 35.5. The summed E-state index contributed by atoms with van der Waals surface area (Å²) in [5, 5.41) is 13.2. The number of rotatable bonds is 2. The van der Waals surface area contributed by atoms with Crippen LogP contribution in [0.25, 0.3) is 5.57 Å². The van der Waals surface area contributed by atoms with Crippen molar-refractivity contribution < 1.29 is 14.7 Å². The summed E-state index contributed by atoms with van der Waals surface area (Å²) in [6.07, 6.45) is 3.96. The van der Waals surface area contributed by atoms with Gasteiger partial charge in [-0.1, -0.05) is 23.2 Å². The van der Waals surface area contributed by atoms with Crippen LogP contribution < -0.4 is 10.2 Å². The van der Waals surface area contributed by atoms with Gasteiger partial charge in [-0.05, 0) is 36.3 Å². The number of carbonyl (C=O) groups excluding carboxylic acids is 1. The van der Waals surface area contributed by atoms with Crippen molar-refractivity contribution in [1.29, 1.82) is 0 Å². The minimum absolute atomic E-state index is 0.152. The maximum Gasteiger partial charge on any atom is 0.326 e. The lowest BCUT2D eigenvalue weighted by Gasteiger charge is -2.28. The van der Waals surface area contributed by atoms with Gasteiger partial charge in [-0.15, -0.1) is 0 Å². The number of nitrogens with zero attached hydrogens (tertiary/aromatic N) is 2. The van der Waals surface area contributed by atoms with E-state index in [0.717, 1.165) is 0 Å². The number of nitrogens with one attached hydrogen (secondary N) is 1. The van der Waals surface area contributed by atoms with Gasteiger partial charge in [0.15, 0.2) is 0 Å². The molecule has 2 aliphatic rings. The molecule has 4 rings (SSSR count). The van der Waals surface area contributed by atoms with Crippen LogP contribution in [0.2, 0.25) is 10.0 Å². The molecule has 0 saturated carbocycles. The van der Waals surface area contributed by atoms with Gasteiger partial charge in [0.05, 0.1) is 16.9 Å². The molecule has 1 aromatic carbocycles. The van der Waals surface area contributed by atoms with Gasteiger partial charge in [0.25, 0.3) is 5.91 Å². The van der Waals surface area contributed by atoms with Gasteiger partial charge >= 0.3 is 5.97 Å². The lowest BCUT2D eigenvalue weighted by atomic mass is 9.88. The van der Waals surface area contributed by atoms with Crippen LogP contribution in [0.15, 0.2) is 42.2 Å². The summed E-state index contributed by atoms with van der Waals surface area (Å²) in [4.78, 5) is 30.4. The van der Waals surface area contributed by atoms with Crippen LogP contribution >= 0.6 is 23.2 Å². The smallest absolute Gasteiger partial charge is 0.326 e. The molecule has 1 aromatic heterocycles. The van der Waals surface area contributed by atoms with Crippen LogP contribution in [-0.2, 0) is 9.59 Å². The maximum absolute atomic E-state index is 13.1. The molecular weight excluding hydrogens is 389 g/mol. The molecule has 1 atom stereocenters. The molecule has 0 aliphatic carbocycles. The fourth-order valence-corrected chi connectivity index (χ4v) is 4.20. The first kappa shape index (κ1) is 17.8. The Hall–Kier alpha value is -2.57. The third-order valence-electron chi connectivity index (χ3n) is 4.80. The molecule has 1 saturated heterocycles. The maximum atomic E-state index is 13.1. The first-order valence-electron chi connectivity index (χ1n) is 8.38. The largest absolute Gasteiger partial charge is 0.480 e. The van der Waals surface area contributed by atoms with Gasteiger partial charge in [0, 0.05) is 41.0 Å². The van der Waals surface area contributed by atoms with Gasteiger partial charge in [-0.2, -0.15) is 0 Å². The second-order valence-electron chi connectivity index (χ2n) is 6.42. The molecule has 0 bridgehead atoms. The molecular formula is C19H15Cl2N3O3. The standard InChI is InChI=1S/C19H15Cl2N3O3/c20-10-6-14(21)17-13(8-16(19(26)27)23-15(17)7-10)12-3-5-24(18(12)25)11-2-1-4-22-9-11/h1-2,4,6-7,9,16,23H,3,5,8H2,(H,26,27). The van der Waals surface area contributed by atoms with Crippen molar-refractivity contribution in [2.75, 3.05) is 16.8 Å². The van der Waals surface area contributed by atoms with E-state index in [9.17, 15) is 14.7 Å². The molecule has 1 unspecified atom stereocenters. The lowest BCUT2D eigenvalue weighted by molar-refractivity contribution is -0.137. The summed E-state index contributed by atoms with van der Waals surface area (Å²) in [7, 11) is 0. The molecule has 2 aliphatic heterocycles. The molecule has 138 valence electrons. The highest BCUT2D eigenvalue weighted by Crippen LogP contribution is 2.44. The third-order valence-corrected chi connectivity index (χ3v) is 5.32. The normalized spacial score (nSPS) is 21.8. The van der Waals surface area contributed by atoms with E-state index in [2.05, 4.69) is 10.3 Å². The number of hydrogen-bond acceptors (Lipinski definition) is 4. The molecule has 1 amide bonds. The molecule has 8 heteroatoms. The Balaban J connectivity index is 1.83. The molecule has 1 fully saturated rings. The quantitative estimate of drug-likeness (QED) is 0.744. The van der Waals surface area contributed by atoms with Crippen molar-refractivity contribution in [1.82, 2.24) is 4.98 Å². The Morgan fingerprint density at radius 3 is 2.81 bits per heavy atom.